The van der Waals surface area contributed by atoms with E-state index in [4.69, 9.17) is 5.73 Å². The maximum absolute atomic E-state index is 13.0. The number of rotatable bonds is 5. The van der Waals surface area contributed by atoms with Crippen molar-refractivity contribution in [3.63, 3.8) is 0 Å². The monoisotopic (exact) mass is 453 g/mol. The van der Waals surface area contributed by atoms with Gasteiger partial charge in [0, 0.05) is 46.8 Å². The standard InChI is InChI=1S/C21H26F3N5O3/c1-13(17(30)16-18(25)26(2)20(32)27(3)19(16)31)29-10-8-28(9-11-29)12-14-4-6-15(7-5-14)21(22,23)24/h4-7,13H,8-12,25H2,1-3H3/t13-/m0/s1. The number of carbonyl (C=O) groups is 1. The number of anilines is 1. The molecule has 0 saturated carbocycles. The predicted octanol–water partition coefficient (Wildman–Crippen LogP) is 1.07. The number of hydrogen-bond acceptors (Lipinski definition) is 6. The molecule has 0 amide bonds. The van der Waals surface area contributed by atoms with Gasteiger partial charge in [-0.3, -0.25) is 28.5 Å². The Labute approximate surface area is 182 Å². The van der Waals surface area contributed by atoms with Crippen LogP contribution in [0, 0.1) is 0 Å². The van der Waals surface area contributed by atoms with Crippen molar-refractivity contribution in [1.82, 2.24) is 18.9 Å². The Morgan fingerprint density at radius 1 is 1.03 bits per heavy atom. The van der Waals surface area contributed by atoms with Crippen LogP contribution in [0.5, 0.6) is 0 Å². The second kappa shape index (κ2) is 8.91. The maximum atomic E-state index is 13.0. The van der Waals surface area contributed by atoms with Crippen molar-refractivity contribution in [2.75, 3.05) is 31.9 Å². The number of nitrogens with zero attached hydrogens (tertiary/aromatic N) is 4. The second-order valence-electron chi connectivity index (χ2n) is 8.01. The second-order valence-corrected chi connectivity index (χ2v) is 8.01. The van der Waals surface area contributed by atoms with Crippen molar-refractivity contribution in [2.45, 2.75) is 25.7 Å². The molecule has 3 rings (SSSR count). The average Bonchev–Trinajstić information content (AvgIpc) is 2.76. The summed E-state index contributed by atoms with van der Waals surface area (Å²) in [5.74, 6) is -0.606. The van der Waals surface area contributed by atoms with Gasteiger partial charge < -0.3 is 5.73 Å². The van der Waals surface area contributed by atoms with Crippen LogP contribution in [0.15, 0.2) is 33.9 Å². The summed E-state index contributed by atoms with van der Waals surface area (Å²) < 4.78 is 40.1. The van der Waals surface area contributed by atoms with Crippen LogP contribution >= 0.6 is 0 Å². The SMILES string of the molecule is C[C@@H](C(=O)c1c(N)n(C)c(=O)n(C)c1=O)N1CCN(Cc2ccc(C(F)(F)F)cc2)CC1. The van der Waals surface area contributed by atoms with Gasteiger partial charge in [-0.2, -0.15) is 13.2 Å². The van der Waals surface area contributed by atoms with Crippen molar-refractivity contribution >= 4 is 11.6 Å². The number of Topliss-reactive ketones (excluding diaryl/α,β-unsaturated/α-hetero) is 1. The molecule has 0 unspecified atom stereocenters. The van der Waals surface area contributed by atoms with E-state index in [0.717, 1.165) is 26.8 Å². The van der Waals surface area contributed by atoms with Crippen LogP contribution in [0.3, 0.4) is 0 Å². The van der Waals surface area contributed by atoms with Gasteiger partial charge >= 0.3 is 11.9 Å². The van der Waals surface area contributed by atoms with E-state index in [1.165, 1.54) is 26.2 Å². The highest BCUT2D eigenvalue weighted by Crippen LogP contribution is 2.29. The third-order valence-corrected chi connectivity index (χ3v) is 5.98. The van der Waals surface area contributed by atoms with Gasteiger partial charge in [-0.05, 0) is 24.6 Å². The molecule has 174 valence electrons. The number of carbonyl (C=O) groups excluding carboxylic acids is 1. The minimum atomic E-state index is -4.36. The summed E-state index contributed by atoms with van der Waals surface area (Å²) in [6.07, 6.45) is -4.36. The minimum absolute atomic E-state index is 0.157. The summed E-state index contributed by atoms with van der Waals surface area (Å²) in [5, 5.41) is 0. The Balaban J connectivity index is 1.65. The molecule has 0 spiro atoms. The maximum Gasteiger partial charge on any atom is 0.416 e. The first kappa shape index (κ1) is 23.7. The third kappa shape index (κ3) is 4.63. The van der Waals surface area contributed by atoms with E-state index in [1.54, 1.807) is 6.92 Å². The molecule has 2 heterocycles. The van der Waals surface area contributed by atoms with Crippen molar-refractivity contribution in [3.8, 4) is 0 Å². The van der Waals surface area contributed by atoms with E-state index in [-0.39, 0.29) is 11.4 Å². The summed E-state index contributed by atoms with van der Waals surface area (Å²) in [6, 6.07) is 4.48. The molecule has 32 heavy (non-hydrogen) atoms. The Bertz CT molecular complexity index is 1110. The summed E-state index contributed by atoms with van der Waals surface area (Å²) in [4.78, 5) is 41.5. The first-order valence-corrected chi connectivity index (χ1v) is 10.1. The number of alkyl halides is 3. The van der Waals surface area contributed by atoms with Crippen LogP contribution < -0.4 is 17.0 Å². The number of hydrogen-bond donors (Lipinski definition) is 1. The van der Waals surface area contributed by atoms with E-state index < -0.39 is 34.8 Å². The molecule has 1 saturated heterocycles. The number of benzene rings is 1. The average molecular weight is 453 g/mol. The molecular formula is C21H26F3N5O3. The molecule has 0 bridgehead atoms. The largest absolute Gasteiger partial charge is 0.416 e. The molecule has 0 aliphatic carbocycles. The van der Waals surface area contributed by atoms with Crippen molar-refractivity contribution in [1.29, 1.82) is 0 Å². The topological polar surface area (TPSA) is 93.6 Å². The molecule has 0 radical (unpaired) electrons. The number of piperazine rings is 1. The van der Waals surface area contributed by atoms with E-state index in [1.807, 2.05) is 4.90 Å². The molecule has 1 aliphatic heterocycles. The number of ketones is 1. The van der Waals surface area contributed by atoms with E-state index in [0.29, 0.717) is 32.7 Å². The predicted molar refractivity (Wildman–Crippen MR) is 113 cm³/mol. The fourth-order valence-corrected chi connectivity index (χ4v) is 3.83. The lowest BCUT2D eigenvalue weighted by Gasteiger charge is -2.37. The van der Waals surface area contributed by atoms with Gasteiger partial charge in [0.05, 0.1) is 11.6 Å². The van der Waals surface area contributed by atoms with Crippen LogP contribution in [0.4, 0.5) is 19.0 Å². The lowest BCUT2D eigenvalue weighted by Crippen LogP contribution is -2.52. The highest BCUT2D eigenvalue weighted by molar-refractivity contribution is 6.03. The summed E-state index contributed by atoms with van der Waals surface area (Å²) in [6.45, 7) is 4.50. The van der Waals surface area contributed by atoms with Crippen LogP contribution in [0.25, 0.3) is 0 Å². The van der Waals surface area contributed by atoms with Gasteiger partial charge in [-0.1, -0.05) is 12.1 Å². The zero-order chi connectivity index (χ0) is 23.8. The highest BCUT2D eigenvalue weighted by Gasteiger charge is 2.31. The van der Waals surface area contributed by atoms with Crippen LogP contribution in [-0.2, 0) is 26.8 Å². The molecular weight excluding hydrogens is 427 g/mol. The number of nitrogen functional groups attached to an aromatic ring is 1. The quantitative estimate of drug-likeness (QED) is 0.681. The molecule has 8 nitrogen and oxygen atoms in total. The Kier molecular flexibility index (Phi) is 6.61. The van der Waals surface area contributed by atoms with Gasteiger partial charge in [0.1, 0.15) is 11.4 Å². The lowest BCUT2D eigenvalue weighted by molar-refractivity contribution is -0.137. The summed E-state index contributed by atoms with van der Waals surface area (Å²) in [5.41, 5.74) is 4.47. The van der Waals surface area contributed by atoms with Crippen molar-refractivity contribution in [3.05, 3.63) is 61.8 Å². The fourth-order valence-electron chi connectivity index (χ4n) is 3.83. The van der Waals surface area contributed by atoms with Gasteiger partial charge in [0.2, 0.25) is 0 Å². The van der Waals surface area contributed by atoms with Crippen molar-refractivity contribution in [2.24, 2.45) is 14.1 Å². The fraction of sp³-hybridized carbons (Fsp3) is 0.476. The van der Waals surface area contributed by atoms with Gasteiger partial charge in [0.25, 0.3) is 5.56 Å². The Morgan fingerprint density at radius 3 is 2.12 bits per heavy atom. The van der Waals surface area contributed by atoms with Gasteiger partial charge in [-0.25, -0.2) is 4.79 Å². The molecule has 2 aromatic rings. The molecule has 11 heteroatoms. The third-order valence-electron chi connectivity index (χ3n) is 5.98. The van der Waals surface area contributed by atoms with E-state index in [9.17, 15) is 27.6 Å². The zero-order valence-corrected chi connectivity index (χ0v) is 18.1. The van der Waals surface area contributed by atoms with Crippen LogP contribution in [0.1, 0.15) is 28.4 Å². The number of nitrogens with two attached hydrogens (primary N) is 1. The lowest BCUT2D eigenvalue weighted by atomic mass is 10.0. The number of halogens is 3. The zero-order valence-electron chi connectivity index (χ0n) is 18.1. The Morgan fingerprint density at radius 2 is 1.59 bits per heavy atom. The number of aromatic nitrogens is 2. The molecule has 1 fully saturated rings. The first-order valence-electron chi connectivity index (χ1n) is 10.1. The van der Waals surface area contributed by atoms with Crippen LogP contribution in [0.2, 0.25) is 0 Å². The molecule has 2 N–H and O–H groups in total. The molecule has 1 aromatic carbocycles. The smallest absolute Gasteiger partial charge is 0.384 e. The van der Waals surface area contributed by atoms with Crippen molar-refractivity contribution < 1.29 is 18.0 Å². The van der Waals surface area contributed by atoms with Gasteiger partial charge in [-0.15, -0.1) is 0 Å². The molecule has 1 aliphatic rings. The molecule has 1 atom stereocenters. The minimum Gasteiger partial charge on any atom is -0.384 e. The molecule has 1 aromatic heterocycles. The summed E-state index contributed by atoms with van der Waals surface area (Å²) in [7, 11) is 2.70. The van der Waals surface area contributed by atoms with E-state index >= 15 is 0 Å². The first-order chi connectivity index (χ1) is 14.9. The highest BCUT2D eigenvalue weighted by atomic mass is 19.4. The Hall–Kier alpha value is -2.92. The van der Waals surface area contributed by atoms with Crippen LogP contribution in [-0.4, -0.2) is 56.9 Å². The van der Waals surface area contributed by atoms with Gasteiger partial charge in [0.15, 0.2) is 5.78 Å². The van der Waals surface area contributed by atoms with E-state index in [2.05, 4.69) is 4.90 Å². The normalized spacial score (nSPS) is 16.8. The summed E-state index contributed by atoms with van der Waals surface area (Å²) >= 11 is 0.